The van der Waals surface area contributed by atoms with Gasteiger partial charge in [-0.15, -0.1) is 0 Å². The fourth-order valence-electron chi connectivity index (χ4n) is 1.86. The molecular weight excluding hydrogens is 243 g/mol. The van der Waals surface area contributed by atoms with Gasteiger partial charge in [-0.25, -0.2) is 0 Å². The first-order valence-electron chi connectivity index (χ1n) is 5.79. The highest BCUT2D eigenvalue weighted by Gasteiger charge is 2.33. The van der Waals surface area contributed by atoms with E-state index in [4.69, 9.17) is 0 Å². The summed E-state index contributed by atoms with van der Waals surface area (Å²) in [5.74, 6) is -0.358. The van der Waals surface area contributed by atoms with Crippen molar-refractivity contribution in [2.45, 2.75) is 26.9 Å². The van der Waals surface area contributed by atoms with E-state index in [2.05, 4.69) is 0 Å². The fourth-order valence-corrected chi connectivity index (χ4v) is 1.86. The van der Waals surface area contributed by atoms with Crippen molar-refractivity contribution in [2.24, 2.45) is 0 Å². The number of amides is 1. The van der Waals surface area contributed by atoms with Gasteiger partial charge in [0.1, 0.15) is 0 Å². The van der Waals surface area contributed by atoms with Crippen molar-refractivity contribution in [2.75, 3.05) is 13.1 Å². The van der Waals surface area contributed by atoms with E-state index >= 15 is 0 Å². The van der Waals surface area contributed by atoms with Gasteiger partial charge in [-0.2, -0.15) is 13.2 Å². The molecule has 1 aromatic carbocycles. The van der Waals surface area contributed by atoms with E-state index in [1.807, 2.05) is 0 Å². The molecule has 0 atom stereocenters. The van der Waals surface area contributed by atoms with Gasteiger partial charge in [0.05, 0.1) is 5.56 Å². The van der Waals surface area contributed by atoms with Gasteiger partial charge < -0.3 is 4.90 Å². The third kappa shape index (κ3) is 2.83. The highest BCUT2D eigenvalue weighted by atomic mass is 19.4. The number of halogens is 3. The highest BCUT2D eigenvalue weighted by Crippen LogP contribution is 2.33. The van der Waals surface area contributed by atoms with Gasteiger partial charge in [-0.3, -0.25) is 4.79 Å². The fraction of sp³-hybridized carbons (Fsp3) is 0.462. The summed E-state index contributed by atoms with van der Waals surface area (Å²) in [6, 6.07) is 3.70. The Morgan fingerprint density at radius 3 is 2.22 bits per heavy atom. The van der Waals surface area contributed by atoms with Crippen molar-refractivity contribution in [1.29, 1.82) is 0 Å². The lowest BCUT2D eigenvalue weighted by molar-refractivity contribution is -0.138. The lowest BCUT2D eigenvalue weighted by Crippen LogP contribution is -2.31. The van der Waals surface area contributed by atoms with Crippen LogP contribution < -0.4 is 0 Å². The second-order valence-corrected chi connectivity index (χ2v) is 3.95. The number of benzene rings is 1. The van der Waals surface area contributed by atoms with E-state index in [1.54, 1.807) is 13.8 Å². The third-order valence-corrected chi connectivity index (χ3v) is 2.92. The zero-order valence-corrected chi connectivity index (χ0v) is 10.6. The molecule has 1 amide bonds. The first kappa shape index (κ1) is 14.5. The first-order valence-corrected chi connectivity index (χ1v) is 5.79. The molecule has 0 aliphatic carbocycles. The normalized spacial score (nSPS) is 11.4. The van der Waals surface area contributed by atoms with Gasteiger partial charge in [0.25, 0.3) is 5.91 Å². The van der Waals surface area contributed by atoms with E-state index in [9.17, 15) is 18.0 Å². The summed E-state index contributed by atoms with van der Waals surface area (Å²) in [5, 5.41) is 0. The minimum Gasteiger partial charge on any atom is -0.339 e. The second kappa shape index (κ2) is 5.42. The Bertz CT molecular complexity index is 436. The molecule has 0 saturated carbocycles. The third-order valence-electron chi connectivity index (χ3n) is 2.92. The summed E-state index contributed by atoms with van der Waals surface area (Å²) in [7, 11) is 0. The number of alkyl halides is 3. The van der Waals surface area contributed by atoms with Crippen LogP contribution in [-0.2, 0) is 6.18 Å². The summed E-state index contributed by atoms with van der Waals surface area (Å²) >= 11 is 0. The molecule has 0 unspecified atom stereocenters. The number of rotatable bonds is 3. The molecule has 18 heavy (non-hydrogen) atoms. The lowest BCUT2D eigenvalue weighted by Gasteiger charge is -2.21. The van der Waals surface area contributed by atoms with Crippen LogP contribution in [0.4, 0.5) is 13.2 Å². The number of carbonyl (C=O) groups is 1. The molecule has 0 aliphatic heterocycles. The summed E-state index contributed by atoms with van der Waals surface area (Å²) < 4.78 is 38.2. The summed E-state index contributed by atoms with van der Waals surface area (Å²) in [4.78, 5) is 13.6. The molecule has 1 aromatic rings. The second-order valence-electron chi connectivity index (χ2n) is 3.95. The van der Waals surface area contributed by atoms with E-state index in [0.29, 0.717) is 13.1 Å². The first-order chi connectivity index (χ1) is 8.32. The molecule has 0 bridgehead atoms. The predicted molar refractivity (Wildman–Crippen MR) is 63.4 cm³/mol. The molecule has 0 saturated heterocycles. The van der Waals surface area contributed by atoms with Crippen molar-refractivity contribution in [3.63, 3.8) is 0 Å². The Kier molecular flexibility index (Phi) is 4.38. The van der Waals surface area contributed by atoms with Crippen LogP contribution in [-0.4, -0.2) is 23.9 Å². The monoisotopic (exact) mass is 259 g/mol. The van der Waals surface area contributed by atoms with Crippen LogP contribution in [0.15, 0.2) is 18.2 Å². The maximum Gasteiger partial charge on any atom is 0.416 e. The van der Waals surface area contributed by atoms with Crippen LogP contribution in [0.5, 0.6) is 0 Å². The quantitative estimate of drug-likeness (QED) is 0.813. The zero-order chi connectivity index (χ0) is 13.9. The molecular formula is C13H16F3NO. The lowest BCUT2D eigenvalue weighted by atomic mass is 10.0. The number of hydrogen-bond acceptors (Lipinski definition) is 1. The van der Waals surface area contributed by atoms with E-state index in [0.717, 1.165) is 6.07 Å². The summed E-state index contributed by atoms with van der Waals surface area (Å²) in [6.45, 7) is 5.88. The van der Waals surface area contributed by atoms with Crippen molar-refractivity contribution in [3.8, 4) is 0 Å². The Labute approximate surface area is 104 Å². The summed E-state index contributed by atoms with van der Waals surface area (Å²) in [6.07, 6.45) is -4.43. The molecule has 1 rings (SSSR count). The van der Waals surface area contributed by atoms with Crippen LogP contribution in [0.3, 0.4) is 0 Å². The average Bonchev–Trinajstić information content (AvgIpc) is 2.29. The maximum atomic E-state index is 12.7. The van der Waals surface area contributed by atoms with Crippen LogP contribution in [0.1, 0.15) is 35.3 Å². The topological polar surface area (TPSA) is 20.3 Å². The van der Waals surface area contributed by atoms with E-state index in [-0.39, 0.29) is 17.0 Å². The molecule has 0 heterocycles. The molecule has 0 fully saturated rings. The molecule has 2 nitrogen and oxygen atoms in total. The molecule has 0 spiro atoms. The smallest absolute Gasteiger partial charge is 0.339 e. The van der Waals surface area contributed by atoms with Crippen LogP contribution in [0.25, 0.3) is 0 Å². The molecule has 0 aliphatic rings. The largest absolute Gasteiger partial charge is 0.416 e. The SMILES string of the molecule is CCN(CC)C(=O)c1cccc(C(F)(F)F)c1C. The average molecular weight is 259 g/mol. The Morgan fingerprint density at radius 2 is 1.78 bits per heavy atom. The van der Waals surface area contributed by atoms with Gasteiger partial charge >= 0.3 is 6.18 Å². The van der Waals surface area contributed by atoms with Crippen LogP contribution in [0, 0.1) is 6.92 Å². The van der Waals surface area contributed by atoms with Gasteiger partial charge in [0.15, 0.2) is 0 Å². The molecule has 0 aromatic heterocycles. The van der Waals surface area contributed by atoms with Crippen molar-refractivity contribution in [3.05, 3.63) is 34.9 Å². The molecule has 5 heteroatoms. The molecule has 0 radical (unpaired) electrons. The van der Waals surface area contributed by atoms with Crippen molar-refractivity contribution < 1.29 is 18.0 Å². The Hall–Kier alpha value is -1.52. The van der Waals surface area contributed by atoms with Gasteiger partial charge in [0, 0.05) is 18.7 Å². The maximum absolute atomic E-state index is 12.7. The standard InChI is InChI=1S/C13H16F3NO/c1-4-17(5-2)12(18)10-7-6-8-11(9(10)3)13(14,15)16/h6-8H,4-5H2,1-3H3. The molecule has 0 N–H and O–H groups in total. The zero-order valence-electron chi connectivity index (χ0n) is 10.6. The number of hydrogen-bond donors (Lipinski definition) is 0. The van der Waals surface area contributed by atoms with Crippen molar-refractivity contribution in [1.82, 2.24) is 4.90 Å². The van der Waals surface area contributed by atoms with Gasteiger partial charge in [-0.1, -0.05) is 6.07 Å². The van der Waals surface area contributed by atoms with Gasteiger partial charge in [-0.05, 0) is 38.5 Å². The molecule has 100 valence electrons. The van der Waals surface area contributed by atoms with Gasteiger partial charge in [0.2, 0.25) is 0 Å². The number of carbonyl (C=O) groups excluding carboxylic acids is 1. The van der Waals surface area contributed by atoms with E-state index < -0.39 is 11.7 Å². The van der Waals surface area contributed by atoms with Crippen LogP contribution >= 0.6 is 0 Å². The highest BCUT2D eigenvalue weighted by molar-refractivity contribution is 5.96. The number of nitrogens with zero attached hydrogens (tertiary/aromatic N) is 1. The summed E-state index contributed by atoms with van der Waals surface area (Å²) in [5.41, 5.74) is -0.643. The van der Waals surface area contributed by atoms with Crippen LogP contribution in [0.2, 0.25) is 0 Å². The van der Waals surface area contributed by atoms with E-state index in [1.165, 1.54) is 24.0 Å². The minimum atomic E-state index is -4.43. The Balaban J connectivity index is 3.23. The van der Waals surface area contributed by atoms with Crippen molar-refractivity contribution >= 4 is 5.91 Å². The Morgan fingerprint density at radius 1 is 1.22 bits per heavy atom. The minimum absolute atomic E-state index is 0.0121. The predicted octanol–water partition coefficient (Wildman–Crippen LogP) is 3.50.